The third kappa shape index (κ3) is 2.54. The number of nitrogens with two attached hydrogens (primary N) is 1. The average molecular weight is 286 g/mol. The maximum atomic E-state index is 5.93. The van der Waals surface area contributed by atoms with Crippen molar-refractivity contribution < 1.29 is 4.42 Å². The van der Waals surface area contributed by atoms with Crippen LogP contribution in [-0.4, -0.2) is 25.1 Å². The normalized spacial score (nSPS) is 12.0. The summed E-state index contributed by atoms with van der Waals surface area (Å²) < 4.78 is 7.24. The quantitative estimate of drug-likeness (QED) is 0.751. The third-order valence-electron chi connectivity index (χ3n) is 2.84. The number of furan rings is 1. The van der Waals surface area contributed by atoms with Gasteiger partial charge in [0.05, 0.1) is 11.9 Å². The Kier molecular flexibility index (Phi) is 2.86. The lowest BCUT2D eigenvalue weighted by atomic mass is 10.1. The van der Waals surface area contributed by atoms with E-state index < -0.39 is 0 Å². The number of aryl methyl sites for hydroxylation is 1. The second-order valence-electron chi connectivity index (χ2n) is 5.99. The zero-order chi connectivity index (χ0) is 15.2. The van der Waals surface area contributed by atoms with E-state index in [0.717, 1.165) is 5.76 Å². The maximum absolute atomic E-state index is 5.93. The minimum atomic E-state index is -0.163. The Balaban J connectivity index is 2.21. The molecule has 3 aromatic rings. The standard InChI is InChI=1S/C14H18N6O/c1-8-5-6-10(21-8)12-18-13(19-14(2,3)4)17-11-9(15)7-16-20(11)12/h5-7H,15H2,1-4H3,(H,17,19). The lowest BCUT2D eigenvalue weighted by Crippen LogP contribution is -2.27. The second-order valence-corrected chi connectivity index (χ2v) is 5.99. The highest BCUT2D eigenvalue weighted by Crippen LogP contribution is 2.24. The Morgan fingerprint density at radius 2 is 2.00 bits per heavy atom. The Labute approximate surface area is 122 Å². The minimum Gasteiger partial charge on any atom is -0.458 e. The summed E-state index contributed by atoms with van der Waals surface area (Å²) >= 11 is 0. The molecular formula is C14H18N6O. The molecule has 0 saturated heterocycles. The van der Waals surface area contributed by atoms with Gasteiger partial charge in [-0.2, -0.15) is 19.6 Å². The van der Waals surface area contributed by atoms with Crippen molar-refractivity contribution in [3.8, 4) is 11.6 Å². The van der Waals surface area contributed by atoms with Crippen molar-refractivity contribution in [3.05, 3.63) is 24.1 Å². The summed E-state index contributed by atoms with van der Waals surface area (Å²) in [6, 6.07) is 3.74. The summed E-state index contributed by atoms with van der Waals surface area (Å²) in [7, 11) is 0. The summed E-state index contributed by atoms with van der Waals surface area (Å²) in [5, 5.41) is 7.47. The predicted molar refractivity (Wildman–Crippen MR) is 81.0 cm³/mol. The first kappa shape index (κ1) is 13.4. The number of nitrogen functional groups attached to an aromatic ring is 1. The van der Waals surface area contributed by atoms with Crippen LogP contribution >= 0.6 is 0 Å². The fraction of sp³-hybridized carbons (Fsp3) is 0.357. The van der Waals surface area contributed by atoms with E-state index in [1.807, 2.05) is 39.8 Å². The molecule has 0 aromatic carbocycles. The number of nitrogens with zero attached hydrogens (tertiary/aromatic N) is 4. The van der Waals surface area contributed by atoms with Crippen molar-refractivity contribution in [2.24, 2.45) is 0 Å². The van der Waals surface area contributed by atoms with E-state index in [1.165, 1.54) is 0 Å². The number of aromatic nitrogens is 4. The van der Waals surface area contributed by atoms with Gasteiger partial charge in [-0.15, -0.1) is 0 Å². The molecule has 0 aliphatic rings. The van der Waals surface area contributed by atoms with Crippen molar-refractivity contribution in [2.75, 3.05) is 11.1 Å². The van der Waals surface area contributed by atoms with Crippen molar-refractivity contribution in [3.63, 3.8) is 0 Å². The first-order chi connectivity index (χ1) is 9.83. The van der Waals surface area contributed by atoms with Gasteiger partial charge in [0.1, 0.15) is 5.76 Å². The summed E-state index contributed by atoms with van der Waals surface area (Å²) in [5.41, 5.74) is 6.82. The fourth-order valence-corrected chi connectivity index (χ4v) is 2.00. The fourth-order valence-electron chi connectivity index (χ4n) is 2.00. The van der Waals surface area contributed by atoms with Crippen LogP contribution in [-0.2, 0) is 0 Å². The van der Waals surface area contributed by atoms with Crippen molar-refractivity contribution >= 4 is 17.3 Å². The van der Waals surface area contributed by atoms with E-state index in [0.29, 0.717) is 28.9 Å². The van der Waals surface area contributed by atoms with E-state index in [1.54, 1.807) is 10.7 Å². The van der Waals surface area contributed by atoms with Crippen LogP contribution in [0, 0.1) is 6.92 Å². The van der Waals surface area contributed by atoms with Crippen molar-refractivity contribution in [2.45, 2.75) is 33.2 Å². The molecule has 21 heavy (non-hydrogen) atoms. The van der Waals surface area contributed by atoms with Gasteiger partial charge in [-0.3, -0.25) is 0 Å². The monoisotopic (exact) mass is 286 g/mol. The van der Waals surface area contributed by atoms with Gasteiger partial charge < -0.3 is 15.5 Å². The van der Waals surface area contributed by atoms with Gasteiger partial charge >= 0.3 is 0 Å². The molecule has 7 nitrogen and oxygen atoms in total. The SMILES string of the molecule is Cc1ccc(-c2nc(NC(C)(C)C)nc3c(N)cnn23)o1. The van der Waals surface area contributed by atoms with Crippen molar-refractivity contribution in [1.82, 2.24) is 19.6 Å². The molecule has 0 unspecified atom stereocenters. The Morgan fingerprint density at radius 1 is 1.24 bits per heavy atom. The average Bonchev–Trinajstić information content (AvgIpc) is 2.94. The third-order valence-corrected chi connectivity index (χ3v) is 2.84. The molecule has 0 amide bonds. The molecule has 0 radical (unpaired) electrons. The Morgan fingerprint density at radius 3 is 2.62 bits per heavy atom. The molecule has 3 heterocycles. The van der Waals surface area contributed by atoms with Crippen LogP contribution in [0.25, 0.3) is 17.2 Å². The summed E-state index contributed by atoms with van der Waals surface area (Å²) in [6.07, 6.45) is 1.56. The number of anilines is 2. The Hall–Kier alpha value is -2.57. The van der Waals surface area contributed by atoms with Gasteiger partial charge in [-0.1, -0.05) is 0 Å². The lowest BCUT2D eigenvalue weighted by molar-refractivity contribution is 0.541. The molecule has 0 fully saturated rings. The van der Waals surface area contributed by atoms with Crippen LogP contribution in [0.5, 0.6) is 0 Å². The summed E-state index contributed by atoms with van der Waals surface area (Å²) in [5.74, 6) is 2.49. The van der Waals surface area contributed by atoms with Crippen LogP contribution < -0.4 is 11.1 Å². The van der Waals surface area contributed by atoms with E-state index in [2.05, 4.69) is 20.4 Å². The van der Waals surface area contributed by atoms with E-state index in [-0.39, 0.29) is 5.54 Å². The first-order valence-corrected chi connectivity index (χ1v) is 6.70. The van der Waals surface area contributed by atoms with Gasteiger partial charge in [-0.25, -0.2) is 0 Å². The highest BCUT2D eigenvalue weighted by atomic mass is 16.3. The molecule has 110 valence electrons. The first-order valence-electron chi connectivity index (χ1n) is 6.70. The number of rotatable bonds is 2. The number of nitrogens with one attached hydrogen (secondary N) is 1. The summed E-state index contributed by atoms with van der Waals surface area (Å²) in [4.78, 5) is 8.94. The van der Waals surface area contributed by atoms with Gasteiger partial charge in [0.15, 0.2) is 11.4 Å². The van der Waals surface area contributed by atoms with Crippen LogP contribution in [0.2, 0.25) is 0 Å². The predicted octanol–water partition coefficient (Wildman–Crippen LogP) is 2.49. The minimum absolute atomic E-state index is 0.163. The van der Waals surface area contributed by atoms with Crippen LogP contribution in [0.3, 0.4) is 0 Å². The summed E-state index contributed by atoms with van der Waals surface area (Å²) in [6.45, 7) is 8.00. The zero-order valence-corrected chi connectivity index (χ0v) is 12.5. The van der Waals surface area contributed by atoms with Gasteiger partial charge in [0, 0.05) is 5.54 Å². The maximum Gasteiger partial charge on any atom is 0.227 e. The molecule has 0 aliphatic carbocycles. The lowest BCUT2D eigenvalue weighted by Gasteiger charge is -2.20. The molecule has 0 aliphatic heterocycles. The molecule has 3 rings (SSSR count). The molecule has 3 N–H and O–H groups in total. The van der Waals surface area contributed by atoms with E-state index in [4.69, 9.17) is 10.2 Å². The van der Waals surface area contributed by atoms with E-state index in [9.17, 15) is 0 Å². The largest absolute Gasteiger partial charge is 0.458 e. The molecule has 3 aromatic heterocycles. The molecular weight excluding hydrogens is 268 g/mol. The highest BCUT2D eigenvalue weighted by Gasteiger charge is 2.18. The molecule has 0 atom stereocenters. The second kappa shape index (κ2) is 4.47. The molecule has 0 spiro atoms. The van der Waals surface area contributed by atoms with Crippen LogP contribution in [0.4, 0.5) is 11.6 Å². The van der Waals surface area contributed by atoms with Crippen molar-refractivity contribution in [1.29, 1.82) is 0 Å². The number of hydrogen-bond donors (Lipinski definition) is 2. The van der Waals surface area contributed by atoms with Gasteiger partial charge in [0.2, 0.25) is 11.8 Å². The smallest absolute Gasteiger partial charge is 0.227 e. The topological polar surface area (TPSA) is 94.3 Å². The Bertz CT molecular complexity index is 795. The molecule has 0 bridgehead atoms. The highest BCUT2D eigenvalue weighted by molar-refractivity contribution is 5.68. The molecule has 0 saturated carbocycles. The number of hydrogen-bond acceptors (Lipinski definition) is 6. The van der Waals surface area contributed by atoms with Gasteiger partial charge in [0.25, 0.3) is 0 Å². The molecule has 7 heteroatoms. The van der Waals surface area contributed by atoms with Crippen LogP contribution in [0.1, 0.15) is 26.5 Å². The van der Waals surface area contributed by atoms with Gasteiger partial charge in [-0.05, 0) is 39.8 Å². The zero-order valence-electron chi connectivity index (χ0n) is 12.5. The van der Waals surface area contributed by atoms with Crippen LogP contribution in [0.15, 0.2) is 22.7 Å². The van der Waals surface area contributed by atoms with E-state index >= 15 is 0 Å². The number of fused-ring (bicyclic) bond motifs is 1.